The van der Waals surface area contributed by atoms with E-state index in [0.29, 0.717) is 17.7 Å². The number of hydrogen-bond donors (Lipinski definition) is 2. The molecule has 0 atom stereocenters. The fourth-order valence-electron chi connectivity index (χ4n) is 2.94. The van der Waals surface area contributed by atoms with E-state index in [9.17, 15) is 14.9 Å². The summed E-state index contributed by atoms with van der Waals surface area (Å²) in [4.78, 5) is 30.1. The fourth-order valence-corrected chi connectivity index (χ4v) is 3.63. The lowest BCUT2D eigenvalue weighted by Crippen LogP contribution is -2.28. The summed E-state index contributed by atoms with van der Waals surface area (Å²) in [5, 5.41) is 19.3. The predicted molar refractivity (Wildman–Crippen MR) is 126 cm³/mol. The Morgan fingerprint density at radius 1 is 1.25 bits per heavy atom. The highest BCUT2D eigenvalue weighted by Gasteiger charge is 2.22. The molecular formula is C21H18Cl2N6O2S. The predicted octanol–water partition coefficient (Wildman–Crippen LogP) is 4.10. The number of amides is 2. The van der Waals surface area contributed by atoms with Gasteiger partial charge in [0.2, 0.25) is 0 Å². The molecule has 11 heteroatoms. The van der Waals surface area contributed by atoms with Gasteiger partial charge in [0.25, 0.3) is 11.8 Å². The van der Waals surface area contributed by atoms with Gasteiger partial charge in [-0.05, 0) is 43.0 Å². The van der Waals surface area contributed by atoms with Crippen LogP contribution in [0.5, 0.6) is 0 Å². The van der Waals surface area contributed by atoms with E-state index in [1.807, 2.05) is 12.3 Å². The minimum Gasteiger partial charge on any atom is -0.351 e. The summed E-state index contributed by atoms with van der Waals surface area (Å²) >= 11 is 13.8. The van der Waals surface area contributed by atoms with Crippen LogP contribution >= 0.6 is 35.0 Å². The molecule has 3 rings (SSSR count). The summed E-state index contributed by atoms with van der Waals surface area (Å²) in [5.74, 6) is -0.00360. The van der Waals surface area contributed by atoms with Gasteiger partial charge in [-0.2, -0.15) is 22.1 Å². The Hall–Kier alpha value is -3.06. The van der Waals surface area contributed by atoms with Gasteiger partial charge in [-0.25, -0.2) is 9.67 Å². The van der Waals surface area contributed by atoms with Crippen molar-refractivity contribution in [3.05, 3.63) is 69.1 Å². The fraction of sp³-hybridized carbons (Fsp3) is 0.190. The number of aromatic nitrogens is 3. The van der Waals surface area contributed by atoms with Crippen LogP contribution in [0, 0.1) is 18.3 Å². The zero-order chi connectivity index (χ0) is 23.3. The van der Waals surface area contributed by atoms with Crippen molar-refractivity contribution in [3.63, 3.8) is 0 Å². The number of hydrogen-bond acceptors (Lipinski definition) is 6. The van der Waals surface area contributed by atoms with Gasteiger partial charge in [0.1, 0.15) is 5.69 Å². The van der Waals surface area contributed by atoms with Crippen LogP contribution in [0.3, 0.4) is 0 Å². The lowest BCUT2D eigenvalue weighted by Gasteiger charge is -2.15. The van der Waals surface area contributed by atoms with Crippen LogP contribution in [0.1, 0.15) is 32.0 Å². The molecule has 2 heterocycles. The number of nitrogens with one attached hydrogen (secondary N) is 2. The molecule has 0 aliphatic carbocycles. The van der Waals surface area contributed by atoms with E-state index >= 15 is 0 Å². The van der Waals surface area contributed by atoms with E-state index in [1.165, 1.54) is 23.0 Å². The third-order valence-corrected chi connectivity index (χ3v) is 5.48. The summed E-state index contributed by atoms with van der Waals surface area (Å²) in [6.45, 7) is 2.15. The van der Waals surface area contributed by atoms with E-state index < -0.39 is 11.8 Å². The molecule has 0 aliphatic heterocycles. The standard InChI is InChI=1S/C21H18Cl2N6O2S/c1-12-8-13(11-24)9-14(20(30)26-6-7-32-2)18(12)27-21(31)16-10-17(23)28-29(16)19-15(22)4-3-5-25-19/h3-5,8-10H,6-7H2,1-2H3,(H,26,30)(H,27,31). The molecule has 0 saturated heterocycles. The number of thioether (sulfide) groups is 1. The van der Waals surface area contributed by atoms with Crippen LogP contribution in [0.2, 0.25) is 10.2 Å². The third-order valence-electron chi connectivity index (χ3n) is 4.39. The molecule has 2 amide bonds. The Balaban J connectivity index is 1.99. The van der Waals surface area contributed by atoms with Crippen LogP contribution in [-0.2, 0) is 0 Å². The van der Waals surface area contributed by atoms with Crippen molar-refractivity contribution >= 4 is 52.5 Å². The Morgan fingerprint density at radius 2 is 2.03 bits per heavy atom. The van der Waals surface area contributed by atoms with E-state index in [4.69, 9.17) is 23.2 Å². The molecule has 0 unspecified atom stereocenters. The number of nitriles is 1. The second kappa shape index (κ2) is 10.5. The minimum atomic E-state index is -0.572. The molecule has 0 bridgehead atoms. The minimum absolute atomic E-state index is 0.0726. The number of anilines is 1. The van der Waals surface area contributed by atoms with Crippen molar-refractivity contribution < 1.29 is 9.59 Å². The normalized spacial score (nSPS) is 10.5. The molecule has 8 nitrogen and oxygen atoms in total. The molecule has 164 valence electrons. The van der Waals surface area contributed by atoms with Crippen molar-refractivity contribution in [3.8, 4) is 11.9 Å². The largest absolute Gasteiger partial charge is 0.351 e. The molecule has 0 radical (unpaired) electrons. The maximum Gasteiger partial charge on any atom is 0.274 e. The first-order valence-electron chi connectivity index (χ1n) is 9.35. The van der Waals surface area contributed by atoms with Gasteiger partial charge < -0.3 is 10.6 Å². The number of benzene rings is 1. The quantitative estimate of drug-likeness (QED) is 0.484. The average molecular weight is 489 g/mol. The van der Waals surface area contributed by atoms with Crippen LogP contribution in [0.4, 0.5) is 5.69 Å². The Bertz CT molecular complexity index is 1220. The van der Waals surface area contributed by atoms with Crippen molar-refractivity contribution in [1.82, 2.24) is 20.1 Å². The number of aryl methyl sites for hydroxylation is 1. The smallest absolute Gasteiger partial charge is 0.274 e. The second-order valence-electron chi connectivity index (χ2n) is 6.60. The average Bonchev–Trinajstić information content (AvgIpc) is 3.16. The van der Waals surface area contributed by atoms with E-state index in [1.54, 1.807) is 36.9 Å². The number of pyridine rings is 1. The van der Waals surface area contributed by atoms with E-state index in [-0.39, 0.29) is 32.9 Å². The molecule has 3 aromatic rings. The molecule has 0 saturated carbocycles. The van der Waals surface area contributed by atoms with Gasteiger partial charge in [-0.1, -0.05) is 23.2 Å². The molecule has 2 aromatic heterocycles. The van der Waals surface area contributed by atoms with Gasteiger partial charge in [-0.3, -0.25) is 9.59 Å². The summed E-state index contributed by atoms with van der Waals surface area (Å²) in [5.41, 5.74) is 1.41. The molecular weight excluding hydrogens is 471 g/mol. The Kier molecular flexibility index (Phi) is 7.75. The van der Waals surface area contributed by atoms with Crippen molar-refractivity contribution in [2.45, 2.75) is 6.92 Å². The molecule has 0 aliphatic rings. The maximum absolute atomic E-state index is 13.2. The topological polar surface area (TPSA) is 113 Å². The summed E-state index contributed by atoms with van der Waals surface area (Å²) in [7, 11) is 0. The van der Waals surface area contributed by atoms with Crippen LogP contribution in [0.25, 0.3) is 5.82 Å². The molecule has 0 spiro atoms. The highest BCUT2D eigenvalue weighted by Crippen LogP contribution is 2.26. The van der Waals surface area contributed by atoms with Crippen LogP contribution < -0.4 is 10.6 Å². The first-order chi connectivity index (χ1) is 15.3. The monoisotopic (exact) mass is 488 g/mol. The van der Waals surface area contributed by atoms with Gasteiger partial charge in [0.05, 0.1) is 27.9 Å². The third kappa shape index (κ3) is 5.22. The van der Waals surface area contributed by atoms with E-state index in [2.05, 4.69) is 20.7 Å². The zero-order valence-corrected chi connectivity index (χ0v) is 19.5. The first kappa shape index (κ1) is 23.6. The highest BCUT2D eigenvalue weighted by atomic mass is 35.5. The number of carbonyl (C=O) groups excluding carboxylic acids is 2. The maximum atomic E-state index is 13.2. The van der Waals surface area contributed by atoms with Gasteiger partial charge >= 0.3 is 0 Å². The van der Waals surface area contributed by atoms with Gasteiger partial charge in [0.15, 0.2) is 11.0 Å². The first-order valence-corrected chi connectivity index (χ1v) is 11.5. The zero-order valence-electron chi connectivity index (χ0n) is 17.1. The number of nitrogens with zero attached hydrogens (tertiary/aromatic N) is 4. The van der Waals surface area contributed by atoms with Crippen LogP contribution in [-0.4, -0.2) is 45.1 Å². The summed E-state index contributed by atoms with van der Waals surface area (Å²) < 4.78 is 1.23. The Morgan fingerprint density at radius 3 is 2.72 bits per heavy atom. The highest BCUT2D eigenvalue weighted by molar-refractivity contribution is 7.98. The lowest BCUT2D eigenvalue weighted by molar-refractivity contribution is 0.0957. The number of rotatable bonds is 7. The van der Waals surface area contributed by atoms with Gasteiger partial charge in [-0.15, -0.1) is 0 Å². The second-order valence-corrected chi connectivity index (χ2v) is 8.38. The van der Waals surface area contributed by atoms with Gasteiger partial charge in [0, 0.05) is 24.6 Å². The molecule has 32 heavy (non-hydrogen) atoms. The van der Waals surface area contributed by atoms with Crippen molar-refractivity contribution in [2.75, 3.05) is 23.9 Å². The summed E-state index contributed by atoms with van der Waals surface area (Å²) in [6.07, 6.45) is 3.45. The molecule has 2 N–H and O–H groups in total. The SMILES string of the molecule is CSCCNC(=O)c1cc(C#N)cc(C)c1NC(=O)c1cc(Cl)nn1-c1ncccc1Cl. The summed E-state index contributed by atoms with van der Waals surface area (Å²) in [6, 6.07) is 9.70. The van der Waals surface area contributed by atoms with Crippen molar-refractivity contribution in [1.29, 1.82) is 5.26 Å². The molecule has 1 aromatic carbocycles. The number of carbonyl (C=O) groups is 2. The van der Waals surface area contributed by atoms with E-state index in [0.717, 1.165) is 5.75 Å². The molecule has 0 fully saturated rings. The Labute approximate surface area is 198 Å². The lowest BCUT2D eigenvalue weighted by atomic mass is 10.0. The van der Waals surface area contributed by atoms with Crippen LogP contribution in [0.15, 0.2) is 36.5 Å². The number of halogens is 2. The van der Waals surface area contributed by atoms with Crippen molar-refractivity contribution in [2.24, 2.45) is 0 Å².